The highest BCUT2D eigenvalue weighted by atomic mass is 16.4. The highest BCUT2D eigenvalue weighted by molar-refractivity contribution is 5.83. The molecule has 0 heterocycles. The van der Waals surface area contributed by atoms with Crippen molar-refractivity contribution in [1.29, 1.82) is 0 Å². The van der Waals surface area contributed by atoms with Crippen LogP contribution in [0.3, 0.4) is 0 Å². The van der Waals surface area contributed by atoms with E-state index >= 15 is 0 Å². The Balaban J connectivity index is 3.61. The molecule has 0 aliphatic carbocycles. The van der Waals surface area contributed by atoms with Gasteiger partial charge in [-0.25, -0.2) is 0 Å². The maximum atomic E-state index is 11.8. The second kappa shape index (κ2) is 19.2. The van der Waals surface area contributed by atoms with Gasteiger partial charge in [-0.15, -0.1) is 0 Å². The zero-order chi connectivity index (χ0) is 21.7. The number of aliphatic carboxylic acids is 2. The first-order valence-corrected chi connectivity index (χ1v) is 11.0. The summed E-state index contributed by atoms with van der Waals surface area (Å²) in [6.07, 6.45) is 20.7. The van der Waals surface area contributed by atoms with E-state index in [2.05, 4.69) is 36.5 Å². The number of carboxylic acid groups (broad SMARTS) is 2. The molecule has 0 aromatic carbocycles. The first kappa shape index (κ1) is 26.9. The van der Waals surface area contributed by atoms with Crippen molar-refractivity contribution >= 4 is 17.8 Å². The Bertz CT molecular complexity index is 513. The second-order valence-corrected chi connectivity index (χ2v) is 7.35. The largest absolute Gasteiger partial charge is 0.548 e. The van der Waals surface area contributed by atoms with Crippen LogP contribution in [0.25, 0.3) is 0 Å². The summed E-state index contributed by atoms with van der Waals surface area (Å²) in [7, 11) is 0. The van der Waals surface area contributed by atoms with Gasteiger partial charge in [0.15, 0.2) is 0 Å². The fraction of sp³-hybridized carbons (Fsp3) is 0.696. The van der Waals surface area contributed by atoms with Crippen LogP contribution in [0, 0.1) is 0 Å². The number of hydrogen-bond acceptors (Lipinski definition) is 4. The molecule has 0 aromatic heterocycles. The minimum Gasteiger partial charge on any atom is -0.548 e. The molecule has 0 aliphatic heterocycles. The van der Waals surface area contributed by atoms with Gasteiger partial charge in [-0.3, -0.25) is 9.59 Å². The third-order valence-electron chi connectivity index (χ3n) is 4.62. The molecule has 1 atom stereocenters. The highest BCUT2D eigenvalue weighted by Crippen LogP contribution is 2.08. The number of carbonyl (C=O) groups excluding carboxylic acids is 2. The predicted molar refractivity (Wildman–Crippen MR) is 113 cm³/mol. The van der Waals surface area contributed by atoms with Gasteiger partial charge in [-0.1, -0.05) is 63.3 Å². The van der Waals surface area contributed by atoms with Crippen molar-refractivity contribution in [2.24, 2.45) is 0 Å². The maximum absolute atomic E-state index is 11.8. The summed E-state index contributed by atoms with van der Waals surface area (Å²) in [6, 6.07) is -1.24. The molecule has 6 nitrogen and oxygen atoms in total. The molecule has 0 rings (SSSR count). The summed E-state index contributed by atoms with van der Waals surface area (Å²) < 4.78 is 0. The number of rotatable bonds is 19. The molecular formula is C23H38NO5-. The summed E-state index contributed by atoms with van der Waals surface area (Å²) >= 11 is 0. The first-order chi connectivity index (χ1) is 14.0. The molecule has 2 N–H and O–H groups in total. The number of unbranched alkanes of at least 4 members (excludes halogenated alkanes) is 8. The van der Waals surface area contributed by atoms with Crippen LogP contribution in [0.15, 0.2) is 24.3 Å². The second-order valence-electron chi connectivity index (χ2n) is 7.35. The fourth-order valence-electron chi connectivity index (χ4n) is 2.88. The molecular weight excluding hydrogens is 370 g/mol. The SMILES string of the molecule is CCCCCC=CCC=CCCCCCCCC(=O)NC(CCC(=O)O)C(=O)[O-]. The highest BCUT2D eigenvalue weighted by Gasteiger charge is 2.14. The first-order valence-electron chi connectivity index (χ1n) is 11.0. The van der Waals surface area contributed by atoms with Crippen LogP contribution in [-0.4, -0.2) is 29.0 Å². The predicted octanol–water partition coefficient (Wildman–Crippen LogP) is 3.90. The van der Waals surface area contributed by atoms with Crippen LogP contribution in [0.2, 0.25) is 0 Å². The Morgan fingerprint density at radius 3 is 2.03 bits per heavy atom. The summed E-state index contributed by atoms with van der Waals surface area (Å²) in [5, 5.41) is 21.9. The molecule has 0 spiro atoms. The number of allylic oxidation sites excluding steroid dienone is 4. The van der Waals surface area contributed by atoms with Gasteiger partial charge in [0.25, 0.3) is 0 Å². The number of carbonyl (C=O) groups is 3. The Kier molecular flexibility index (Phi) is 17.8. The van der Waals surface area contributed by atoms with E-state index in [1.165, 1.54) is 25.7 Å². The molecule has 6 heteroatoms. The Morgan fingerprint density at radius 2 is 1.45 bits per heavy atom. The fourth-order valence-corrected chi connectivity index (χ4v) is 2.88. The van der Waals surface area contributed by atoms with Gasteiger partial charge in [0.2, 0.25) is 5.91 Å². The van der Waals surface area contributed by atoms with E-state index in [0.717, 1.165) is 38.5 Å². The maximum Gasteiger partial charge on any atom is 0.303 e. The molecule has 1 unspecified atom stereocenters. The van der Waals surface area contributed by atoms with Gasteiger partial charge in [0.1, 0.15) is 0 Å². The lowest BCUT2D eigenvalue weighted by molar-refractivity contribution is -0.308. The molecule has 29 heavy (non-hydrogen) atoms. The average Bonchev–Trinajstić information content (AvgIpc) is 2.67. The molecule has 166 valence electrons. The van der Waals surface area contributed by atoms with E-state index in [1.807, 2.05) is 0 Å². The summed E-state index contributed by atoms with van der Waals surface area (Å²) in [5.74, 6) is -2.91. The van der Waals surface area contributed by atoms with Gasteiger partial charge in [-0.05, 0) is 44.9 Å². The van der Waals surface area contributed by atoms with Crippen LogP contribution in [-0.2, 0) is 14.4 Å². The van der Waals surface area contributed by atoms with Gasteiger partial charge < -0.3 is 20.3 Å². The minimum absolute atomic E-state index is 0.161. The smallest absolute Gasteiger partial charge is 0.303 e. The number of amides is 1. The molecule has 0 saturated heterocycles. The van der Waals surface area contributed by atoms with E-state index in [4.69, 9.17) is 5.11 Å². The van der Waals surface area contributed by atoms with Crippen molar-refractivity contribution in [3.63, 3.8) is 0 Å². The zero-order valence-electron chi connectivity index (χ0n) is 17.9. The van der Waals surface area contributed by atoms with Crippen LogP contribution in [0.4, 0.5) is 0 Å². The van der Waals surface area contributed by atoms with E-state index < -0.39 is 18.0 Å². The third-order valence-corrected chi connectivity index (χ3v) is 4.62. The van der Waals surface area contributed by atoms with Gasteiger partial charge in [-0.2, -0.15) is 0 Å². The van der Waals surface area contributed by atoms with Gasteiger partial charge in [0, 0.05) is 12.8 Å². The normalized spacial score (nSPS) is 12.4. The number of hydrogen-bond donors (Lipinski definition) is 2. The van der Waals surface area contributed by atoms with Crippen molar-refractivity contribution in [3.8, 4) is 0 Å². The van der Waals surface area contributed by atoms with Crippen LogP contribution in [0.1, 0.15) is 96.8 Å². The molecule has 0 bridgehead atoms. The topological polar surface area (TPSA) is 107 Å². The minimum atomic E-state index is -1.44. The Hall–Kier alpha value is -2.11. The lowest BCUT2D eigenvalue weighted by Gasteiger charge is -2.18. The van der Waals surface area contributed by atoms with Crippen molar-refractivity contribution in [2.45, 2.75) is 103 Å². The van der Waals surface area contributed by atoms with Crippen LogP contribution < -0.4 is 10.4 Å². The third kappa shape index (κ3) is 19.0. The van der Waals surface area contributed by atoms with Crippen molar-refractivity contribution in [2.75, 3.05) is 0 Å². The lowest BCUT2D eigenvalue weighted by Crippen LogP contribution is -2.48. The standard InChI is InChI=1S/C23H39NO5/c1-2-3-4-5-6-7-8-9-10-11-12-13-14-15-16-17-21(25)24-20(23(28)29)18-19-22(26)27/h6-7,9-10,20H,2-5,8,11-19H2,1H3,(H,24,25)(H,26,27)(H,28,29)/p-1. The molecule has 0 fully saturated rings. The molecule has 1 amide bonds. The van der Waals surface area contributed by atoms with Crippen molar-refractivity contribution in [1.82, 2.24) is 5.32 Å². The molecule has 0 aromatic rings. The summed E-state index contributed by atoms with van der Waals surface area (Å²) in [4.78, 5) is 33.2. The summed E-state index contributed by atoms with van der Waals surface area (Å²) in [6.45, 7) is 2.21. The molecule has 0 saturated carbocycles. The number of nitrogens with one attached hydrogen (secondary N) is 1. The lowest BCUT2D eigenvalue weighted by atomic mass is 10.1. The molecule has 0 aliphatic rings. The number of carboxylic acids is 2. The van der Waals surface area contributed by atoms with E-state index in [-0.39, 0.29) is 25.2 Å². The zero-order valence-corrected chi connectivity index (χ0v) is 17.9. The van der Waals surface area contributed by atoms with Gasteiger partial charge >= 0.3 is 5.97 Å². The van der Waals surface area contributed by atoms with Crippen molar-refractivity contribution < 1.29 is 24.6 Å². The quantitative estimate of drug-likeness (QED) is 0.249. The Labute approximate surface area is 175 Å². The van der Waals surface area contributed by atoms with Crippen LogP contribution in [0.5, 0.6) is 0 Å². The molecule has 0 radical (unpaired) electrons. The van der Waals surface area contributed by atoms with Crippen LogP contribution >= 0.6 is 0 Å². The summed E-state index contributed by atoms with van der Waals surface area (Å²) in [5.41, 5.74) is 0. The monoisotopic (exact) mass is 408 g/mol. The average molecular weight is 409 g/mol. The van der Waals surface area contributed by atoms with E-state index in [9.17, 15) is 19.5 Å². The Morgan fingerprint density at radius 1 is 0.862 bits per heavy atom. The van der Waals surface area contributed by atoms with Crippen molar-refractivity contribution in [3.05, 3.63) is 24.3 Å². The van der Waals surface area contributed by atoms with Gasteiger partial charge in [0.05, 0.1) is 12.0 Å². The van der Waals surface area contributed by atoms with E-state index in [0.29, 0.717) is 6.42 Å². The van der Waals surface area contributed by atoms with E-state index in [1.54, 1.807) is 0 Å².